The van der Waals surface area contributed by atoms with Gasteiger partial charge in [0.1, 0.15) is 0 Å². The first-order valence-electron chi connectivity index (χ1n) is 8.12. The van der Waals surface area contributed by atoms with E-state index in [0.717, 1.165) is 12.8 Å². The molecule has 0 N–H and O–H groups in total. The van der Waals surface area contributed by atoms with Gasteiger partial charge in [-0.1, -0.05) is 72.9 Å². The van der Waals surface area contributed by atoms with Gasteiger partial charge >= 0.3 is 0 Å². The molecule has 0 aromatic rings. The lowest BCUT2D eigenvalue weighted by atomic mass is 9.83. The van der Waals surface area contributed by atoms with Gasteiger partial charge in [0.05, 0.1) is 11.5 Å². The summed E-state index contributed by atoms with van der Waals surface area (Å²) in [7, 11) is -3.21. The number of hydrogen-bond donors (Lipinski definition) is 0. The molecule has 0 fully saturated rings. The topological polar surface area (TPSA) is 34.1 Å². The minimum Gasteiger partial charge on any atom is -0.229 e. The summed E-state index contributed by atoms with van der Waals surface area (Å²) in [6, 6.07) is 0. The predicted octanol–water partition coefficient (Wildman–Crippen LogP) is 4.56. The van der Waals surface area contributed by atoms with E-state index in [1.165, 1.54) is 0 Å². The molecule has 0 amide bonds. The van der Waals surface area contributed by atoms with Gasteiger partial charge in [0.15, 0.2) is 9.84 Å². The Kier molecular flexibility index (Phi) is 5.64. The summed E-state index contributed by atoms with van der Waals surface area (Å²) in [5, 5.41) is 0. The van der Waals surface area contributed by atoms with Crippen LogP contribution in [0.4, 0.5) is 0 Å². The molecule has 2 nitrogen and oxygen atoms in total. The number of hydrogen-bond acceptors (Lipinski definition) is 2. The third kappa shape index (κ3) is 4.68. The average Bonchev–Trinajstić information content (AvgIpc) is 2.48. The molecule has 0 aliphatic heterocycles. The van der Waals surface area contributed by atoms with E-state index in [2.05, 4.69) is 0 Å². The van der Waals surface area contributed by atoms with Crippen LogP contribution in [0.25, 0.3) is 0 Å². The molecule has 23 heavy (non-hydrogen) atoms. The van der Waals surface area contributed by atoms with Crippen molar-refractivity contribution >= 4 is 9.84 Å². The molecule has 0 heterocycles. The second-order valence-corrected chi connectivity index (χ2v) is 8.55. The van der Waals surface area contributed by atoms with Crippen molar-refractivity contribution in [2.24, 2.45) is 10.8 Å². The molecule has 2 unspecified atom stereocenters. The normalized spacial score (nSPS) is 30.7. The molecule has 0 bridgehead atoms. The highest BCUT2D eigenvalue weighted by molar-refractivity contribution is 7.91. The molecule has 0 aromatic heterocycles. The summed E-state index contributed by atoms with van der Waals surface area (Å²) in [5.41, 5.74) is -0.818. The zero-order valence-corrected chi connectivity index (χ0v) is 14.8. The Balaban J connectivity index is 2.24. The van der Waals surface area contributed by atoms with Crippen molar-refractivity contribution in [3.63, 3.8) is 0 Å². The van der Waals surface area contributed by atoms with E-state index < -0.39 is 20.7 Å². The van der Waals surface area contributed by atoms with Gasteiger partial charge in [-0.15, -0.1) is 0 Å². The molecule has 124 valence electrons. The van der Waals surface area contributed by atoms with E-state index >= 15 is 0 Å². The van der Waals surface area contributed by atoms with E-state index in [1.807, 2.05) is 86.8 Å². The maximum absolute atomic E-state index is 12.9. The molecule has 2 aliphatic rings. The largest absolute Gasteiger partial charge is 0.229 e. The standard InChI is InChI=1S/C20H26O2S/c1-3-11-19(13-7-5-8-14-19)17-23(21,22)18-20(12-4-2)15-9-6-10-16-20/h3-13,15H,14,16-18H2,1-2H3. The molecular formula is C20H26O2S. The van der Waals surface area contributed by atoms with E-state index in [9.17, 15) is 8.42 Å². The Morgan fingerprint density at radius 2 is 1.26 bits per heavy atom. The SMILES string of the molecule is CC=CC1(CS(=O)(=O)CC2(C=CC)C=CC=CC2)C=CC=CC1. The lowest BCUT2D eigenvalue weighted by molar-refractivity contribution is 0.501. The van der Waals surface area contributed by atoms with Crippen LogP contribution in [0.2, 0.25) is 0 Å². The maximum Gasteiger partial charge on any atom is 0.152 e. The molecule has 0 radical (unpaired) electrons. The number of allylic oxidation sites excluding steroid dienone is 12. The molecular weight excluding hydrogens is 304 g/mol. The van der Waals surface area contributed by atoms with Gasteiger partial charge in [-0.3, -0.25) is 0 Å². The first-order chi connectivity index (χ1) is 10.9. The van der Waals surface area contributed by atoms with Crippen LogP contribution in [-0.4, -0.2) is 19.9 Å². The second-order valence-electron chi connectivity index (χ2n) is 6.48. The van der Waals surface area contributed by atoms with Crippen LogP contribution in [0.15, 0.2) is 72.9 Å². The van der Waals surface area contributed by atoms with Crippen molar-refractivity contribution in [1.29, 1.82) is 0 Å². The summed E-state index contributed by atoms with van der Waals surface area (Å²) in [4.78, 5) is 0. The fourth-order valence-corrected chi connectivity index (χ4v) is 5.81. The molecule has 0 saturated carbocycles. The first kappa shape index (κ1) is 17.7. The van der Waals surface area contributed by atoms with E-state index in [-0.39, 0.29) is 11.5 Å². The third-order valence-electron chi connectivity index (χ3n) is 4.32. The molecule has 2 rings (SSSR count). The highest BCUT2D eigenvalue weighted by Crippen LogP contribution is 2.36. The fraction of sp³-hybridized carbons (Fsp3) is 0.400. The lowest BCUT2D eigenvalue weighted by Crippen LogP contribution is -2.34. The van der Waals surface area contributed by atoms with Crippen molar-refractivity contribution in [2.45, 2.75) is 26.7 Å². The van der Waals surface area contributed by atoms with Crippen LogP contribution < -0.4 is 0 Å². The summed E-state index contributed by atoms with van der Waals surface area (Å²) >= 11 is 0. The van der Waals surface area contributed by atoms with Crippen LogP contribution >= 0.6 is 0 Å². The van der Waals surface area contributed by atoms with Gasteiger partial charge in [-0.25, -0.2) is 8.42 Å². The molecule has 0 saturated heterocycles. The Bertz CT molecular complexity index is 635. The number of rotatable bonds is 6. The van der Waals surface area contributed by atoms with Crippen LogP contribution in [0, 0.1) is 10.8 Å². The van der Waals surface area contributed by atoms with E-state index in [1.54, 1.807) is 0 Å². The van der Waals surface area contributed by atoms with E-state index in [4.69, 9.17) is 0 Å². The zero-order valence-electron chi connectivity index (χ0n) is 14.0. The average molecular weight is 330 g/mol. The van der Waals surface area contributed by atoms with Crippen LogP contribution in [0.5, 0.6) is 0 Å². The van der Waals surface area contributed by atoms with Crippen LogP contribution in [0.3, 0.4) is 0 Å². The quantitative estimate of drug-likeness (QED) is 0.669. The predicted molar refractivity (Wildman–Crippen MR) is 98.9 cm³/mol. The zero-order chi connectivity index (χ0) is 16.8. The van der Waals surface area contributed by atoms with Crippen LogP contribution in [-0.2, 0) is 9.84 Å². The fourth-order valence-electron chi connectivity index (χ4n) is 3.45. The van der Waals surface area contributed by atoms with Gasteiger partial charge in [0.2, 0.25) is 0 Å². The smallest absolute Gasteiger partial charge is 0.152 e. The van der Waals surface area contributed by atoms with Gasteiger partial charge in [-0.05, 0) is 26.7 Å². The Hall–Kier alpha value is -1.61. The van der Waals surface area contributed by atoms with Crippen molar-refractivity contribution in [3.8, 4) is 0 Å². The Labute approximate surface area is 140 Å². The highest BCUT2D eigenvalue weighted by atomic mass is 32.2. The van der Waals surface area contributed by atoms with Gasteiger partial charge < -0.3 is 0 Å². The van der Waals surface area contributed by atoms with Crippen molar-refractivity contribution in [3.05, 3.63) is 72.9 Å². The highest BCUT2D eigenvalue weighted by Gasteiger charge is 2.36. The van der Waals surface area contributed by atoms with Gasteiger partial charge in [0, 0.05) is 10.8 Å². The van der Waals surface area contributed by atoms with Gasteiger partial charge in [-0.2, -0.15) is 0 Å². The Morgan fingerprint density at radius 1 is 0.826 bits per heavy atom. The minimum atomic E-state index is -3.21. The van der Waals surface area contributed by atoms with Gasteiger partial charge in [0.25, 0.3) is 0 Å². The monoisotopic (exact) mass is 330 g/mol. The van der Waals surface area contributed by atoms with E-state index in [0.29, 0.717) is 0 Å². The Morgan fingerprint density at radius 3 is 1.57 bits per heavy atom. The van der Waals surface area contributed by atoms with Crippen molar-refractivity contribution in [1.82, 2.24) is 0 Å². The lowest BCUT2D eigenvalue weighted by Gasteiger charge is -2.32. The number of sulfone groups is 1. The summed E-state index contributed by atoms with van der Waals surface area (Å²) < 4.78 is 25.9. The van der Waals surface area contributed by atoms with Crippen molar-refractivity contribution < 1.29 is 8.42 Å². The molecule has 2 aliphatic carbocycles. The van der Waals surface area contributed by atoms with Crippen LogP contribution in [0.1, 0.15) is 26.7 Å². The second kappa shape index (κ2) is 7.31. The summed E-state index contributed by atoms with van der Waals surface area (Å²) in [6.07, 6.45) is 25.4. The molecule has 2 atom stereocenters. The third-order valence-corrected chi connectivity index (χ3v) is 6.28. The summed E-state index contributed by atoms with van der Waals surface area (Å²) in [6.45, 7) is 3.88. The maximum atomic E-state index is 12.9. The molecule has 0 spiro atoms. The minimum absolute atomic E-state index is 0.155. The first-order valence-corrected chi connectivity index (χ1v) is 9.94. The molecule has 0 aromatic carbocycles. The molecule has 3 heteroatoms. The summed E-state index contributed by atoms with van der Waals surface area (Å²) in [5.74, 6) is 0.310. The van der Waals surface area contributed by atoms with Crippen molar-refractivity contribution in [2.75, 3.05) is 11.5 Å².